The number of hydrogen-bond donors (Lipinski definition) is 1. The van der Waals surface area contributed by atoms with Crippen LogP contribution in [0, 0.1) is 0 Å². The highest BCUT2D eigenvalue weighted by Gasteiger charge is 2.26. The van der Waals surface area contributed by atoms with Crippen LogP contribution in [0.15, 0.2) is 22.5 Å². The monoisotopic (exact) mass is 407 g/mol. The van der Waals surface area contributed by atoms with Gasteiger partial charge in [0.05, 0.1) is 19.2 Å². The normalized spacial score (nSPS) is 19.7. The quantitative estimate of drug-likeness (QED) is 0.580. The number of likely N-dealkylation sites (tertiary alicyclic amines) is 1. The van der Waals surface area contributed by atoms with Crippen molar-refractivity contribution in [3.63, 3.8) is 0 Å². The van der Waals surface area contributed by atoms with Gasteiger partial charge in [0, 0.05) is 37.6 Å². The van der Waals surface area contributed by atoms with Crippen molar-refractivity contribution in [2.45, 2.75) is 32.7 Å². The van der Waals surface area contributed by atoms with Crippen LogP contribution in [0.4, 0.5) is 4.79 Å². The second-order valence-corrected chi connectivity index (χ2v) is 8.12. The average Bonchev–Trinajstić information content (AvgIpc) is 3.42. The maximum absolute atomic E-state index is 11.9. The Kier molecular flexibility index (Phi) is 7.97. The fourth-order valence-corrected chi connectivity index (χ4v) is 4.69. The number of carbonyl (C=O) groups is 1. The standard InChI is InChI=1S/C20H33N5O2S/c1-3-21-19(24-11-13-25(14-12-24)20(26)27-4-2)22-16-17(18-8-7-15-28-18)23-9-5-6-10-23/h7-8,15,17H,3-6,9-14,16H2,1-2H3,(H,21,22). The number of guanidine groups is 1. The first-order valence-electron chi connectivity index (χ1n) is 10.4. The van der Waals surface area contributed by atoms with Gasteiger partial charge in [-0.3, -0.25) is 9.89 Å². The lowest BCUT2D eigenvalue weighted by atomic mass is 10.2. The summed E-state index contributed by atoms with van der Waals surface area (Å²) in [6.45, 7) is 11.2. The van der Waals surface area contributed by atoms with E-state index < -0.39 is 0 Å². The van der Waals surface area contributed by atoms with Crippen LogP contribution in [0.2, 0.25) is 0 Å². The van der Waals surface area contributed by atoms with E-state index in [1.165, 1.54) is 17.7 Å². The number of thiophene rings is 1. The van der Waals surface area contributed by atoms with Crippen LogP contribution < -0.4 is 5.32 Å². The number of nitrogens with zero attached hydrogens (tertiary/aromatic N) is 4. The highest BCUT2D eigenvalue weighted by atomic mass is 32.1. The van der Waals surface area contributed by atoms with Gasteiger partial charge in [-0.05, 0) is 51.2 Å². The number of carbonyl (C=O) groups excluding carboxylic acids is 1. The second-order valence-electron chi connectivity index (χ2n) is 7.14. The number of aliphatic imine (C=N–C) groups is 1. The van der Waals surface area contributed by atoms with Gasteiger partial charge >= 0.3 is 6.09 Å². The molecule has 156 valence electrons. The molecule has 0 spiro atoms. The van der Waals surface area contributed by atoms with Crippen molar-refractivity contribution in [1.29, 1.82) is 0 Å². The van der Waals surface area contributed by atoms with E-state index in [-0.39, 0.29) is 6.09 Å². The lowest BCUT2D eigenvalue weighted by Gasteiger charge is -2.36. The maximum atomic E-state index is 11.9. The van der Waals surface area contributed by atoms with Gasteiger partial charge in [-0.2, -0.15) is 0 Å². The van der Waals surface area contributed by atoms with Crippen LogP contribution in [0.1, 0.15) is 37.6 Å². The summed E-state index contributed by atoms with van der Waals surface area (Å²) in [6.07, 6.45) is 2.35. The Balaban J connectivity index is 1.64. The molecule has 1 N–H and O–H groups in total. The zero-order chi connectivity index (χ0) is 19.8. The Morgan fingerprint density at radius 2 is 1.89 bits per heavy atom. The Bertz CT molecular complexity index is 623. The Morgan fingerprint density at radius 3 is 2.50 bits per heavy atom. The third-order valence-electron chi connectivity index (χ3n) is 5.31. The molecular formula is C20H33N5O2S. The number of ether oxygens (including phenoxy) is 1. The number of rotatable bonds is 6. The molecule has 0 saturated carbocycles. The molecule has 1 aromatic rings. The molecule has 0 radical (unpaired) electrons. The van der Waals surface area contributed by atoms with Crippen molar-refractivity contribution in [1.82, 2.24) is 20.0 Å². The van der Waals surface area contributed by atoms with Crippen molar-refractivity contribution in [2.75, 3.05) is 59.0 Å². The first-order valence-corrected chi connectivity index (χ1v) is 11.3. The number of hydrogen-bond acceptors (Lipinski definition) is 5. The van der Waals surface area contributed by atoms with Gasteiger partial charge in [0.1, 0.15) is 0 Å². The molecule has 2 aliphatic rings. The molecule has 1 aromatic heterocycles. The van der Waals surface area contributed by atoms with E-state index >= 15 is 0 Å². The fourth-order valence-electron chi connectivity index (χ4n) is 3.83. The second kappa shape index (κ2) is 10.7. The summed E-state index contributed by atoms with van der Waals surface area (Å²) in [5, 5.41) is 5.59. The van der Waals surface area contributed by atoms with Gasteiger partial charge in [0.15, 0.2) is 5.96 Å². The van der Waals surface area contributed by atoms with E-state index in [0.29, 0.717) is 25.7 Å². The number of amides is 1. The minimum Gasteiger partial charge on any atom is -0.450 e. The van der Waals surface area contributed by atoms with Crippen LogP contribution in [0.3, 0.4) is 0 Å². The SMILES string of the molecule is CCNC(=NCC(c1cccs1)N1CCCC1)N1CCN(C(=O)OCC)CC1. The van der Waals surface area contributed by atoms with Gasteiger partial charge in [-0.15, -0.1) is 11.3 Å². The lowest BCUT2D eigenvalue weighted by Crippen LogP contribution is -2.54. The molecule has 3 rings (SSSR count). The molecule has 0 aliphatic carbocycles. The zero-order valence-corrected chi connectivity index (χ0v) is 17.9. The Hall–Kier alpha value is -1.80. The highest BCUT2D eigenvalue weighted by Crippen LogP contribution is 2.28. The van der Waals surface area contributed by atoms with E-state index in [0.717, 1.165) is 45.2 Å². The van der Waals surface area contributed by atoms with E-state index in [4.69, 9.17) is 9.73 Å². The van der Waals surface area contributed by atoms with Crippen molar-refractivity contribution in [3.05, 3.63) is 22.4 Å². The molecule has 2 aliphatic heterocycles. The van der Waals surface area contributed by atoms with Crippen LogP contribution >= 0.6 is 11.3 Å². The van der Waals surface area contributed by atoms with Gasteiger partial charge in [0.25, 0.3) is 0 Å². The maximum Gasteiger partial charge on any atom is 0.409 e. The summed E-state index contributed by atoms with van der Waals surface area (Å²) < 4.78 is 5.12. The van der Waals surface area contributed by atoms with Gasteiger partial charge in [-0.1, -0.05) is 6.07 Å². The van der Waals surface area contributed by atoms with Crippen molar-refractivity contribution < 1.29 is 9.53 Å². The molecule has 1 unspecified atom stereocenters. The highest BCUT2D eigenvalue weighted by molar-refractivity contribution is 7.10. The van der Waals surface area contributed by atoms with Crippen molar-refractivity contribution >= 4 is 23.4 Å². The van der Waals surface area contributed by atoms with Crippen LogP contribution in [-0.2, 0) is 4.74 Å². The van der Waals surface area contributed by atoms with E-state index in [9.17, 15) is 4.79 Å². The first-order chi connectivity index (χ1) is 13.7. The van der Waals surface area contributed by atoms with E-state index in [1.807, 2.05) is 18.3 Å². The number of piperazine rings is 1. The summed E-state index contributed by atoms with van der Waals surface area (Å²) in [4.78, 5) is 24.9. The third kappa shape index (κ3) is 5.38. The first kappa shape index (κ1) is 20.9. The molecular weight excluding hydrogens is 374 g/mol. The molecule has 1 atom stereocenters. The summed E-state index contributed by atoms with van der Waals surface area (Å²) >= 11 is 1.82. The molecule has 28 heavy (non-hydrogen) atoms. The summed E-state index contributed by atoms with van der Waals surface area (Å²) in [5.41, 5.74) is 0. The Labute approximate surface area is 172 Å². The summed E-state index contributed by atoms with van der Waals surface area (Å²) in [5.74, 6) is 0.951. The largest absolute Gasteiger partial charge is 0.450 e. The number of nitrogens with one attached hydrogen (secondary N) is 1. The van der Waals surface area contributed by atoms with Crippen LogP contribution in [0.5, 0.6) is 0 Å². The lowest BCUT2D eigenvalue weighted by molar-refractivity contribution is 0.0914. The smallest absolute Gasteiger partial charge is 0.409 e. The van der Waals surface area contributed by atoms with Crippen molar-refractivity contribution in [3.8, 4) is 0 Å². The van der Waals surface area contributed by atoms with Crippen LogP contribution in [0.25, 0.3) is 0 Å². The van der Waals surface area contributed by atoms with Gasteiger partial charge < -0.3 is 19.9 Å². The third-order valence-corrected chi connectivity index (χ3v) is 6.28. The van der Waals surface area contributed by atoms with E-state index in [1.54, 1.807) is 4.90 Å². The molecule has 2 fully saturated rings. The van der Waals surface area contributed by atoms with Crippen molar-refractivity contribution in [2.24, 2.45) is 4.99 Å². The molecule has 8 heteroatoms. The van der Waals surface area contributed by atoms with Crippen LogP contribution in [-0.4, -0.2) is 85.7 Å². The predicted molar refractivity (Wildman–Crippen MR) is 114 cm³/mol. The van der Waals surface area contributed by atoms with E-state index in [2.05, 4.69) is 39.6 Å². The summed E-state index contributed by atoms with van der Waals surface area (Å²) in [7, 11) is 0. The molecule has 1 amide bonds. The minimum atomic E-state index is -0.212. The van der Waals surface area contributed by atoms with Gasteiger partial charge in [-0.25, -0.2) is 4.79 Å². The summed E-state index contributed by atoms with van der Waals surface area (Å²) in [6, 6.07) is 4.72. The molecule has 2 saturated heterocycles. The predicted octanol–water partition coefficient (Wildman–Crippen LogP) is 2.62. The molecule has 0 bridgehead atoms. The van der Waals surface area contributed by atoms with Gasteiger partial charge in [0.2, 0.25) is 0 Å². The molecule has 7 nitrogen and oxygen atoms in total. The Morgan fingerprint density at radius 1 is 1.18 bits per heavy atom. The minimum absolute atomic E-state index is 0.212. The average molecular weight is 408 g/mol. The molecule has 0 aromatic carbocycles. The molecule has 3 heterocycles. The fraction of sp³-hybridized carbons (Fsp3) is 0.700. The zero-order valence-electron chi connectivity index (χ0n) is 17.1. The topological polar surface area (TPSA) is 60.4 Å².